The van der Waals surface area contributed by atoms with Crippen molar-refractivity contribution in [2.75, 3.05) is 6.61 Å². The Bertz CT molecular complexity index is 854. The average molecular weight is 356 g/mol. The van der Waals surface area contributed by atoms with Crippen LogP contribution in [0.4, 0.5) is 13.2 Å². The van der Waals surface area contributed by atoms with Gasteiger partial charge in [0.2, 0.25) is 5.89 Å². The number of hydrogen-bond donors (Lipinski definition) is 0. The lowest BCUT2D eigenvalue weighted by molar-refractivity contribution is -0.142. The summed E-state index contributed by atoms with van der Waals surface area (Å²) in [5.74, 6) is 0.560. The molecule has 0 saturated carbocycles. The van der Waals surface area contributed by atoms with E-state index in [2.05, 4.69) is 15.3 Å². The molecule has 0 aliphatic carbocycles. The highest BCUT2D eigenvalue weighted by molar-refractivity contribution is 7.13. The van der Waals surface area contributed by atoms with Gasteiger partial charge in [-0.05, 0) is 11.4 Å². The number of fused-ring (bicyclic) bond motifs is 1. The number of ether oxygens (including phenoxy) is 1. The number of rotatable bonds is 3. The molecule has 0 radical (unpaired) electrons. The molecule has 24 heavy (non-hydrogen) atoms. The lowest BCUT2D eigenvalue weighted by Crippen LogP contribution is -2.15. The maximum atomic E-state index is 13.1. The van der Waals surface area contributed by atoms with E-state index in [1.54, 1.807) is 0 Å². The fourth-order valence-corrected chi connectivity index (χ4v) is 3.26. The second-order valence-corrected chi connectivity index (χ2v) is 6.16. The van der Waals surface area contributed by atoms with Gasteiger partial charge in [0.05, 0.1) is 18.1 Å². The van der Waals surface area contributed by atoms with Crippen LogP contribution in [0.5, 0.6) is 0 Å². The van der Waals surface area contributed by atoms with E-state index in [4.69, 9.17) is 9.15 Å². The van der Waals surface area contributed by atoms with Crippen LogP contribution >= 0.6 is 11.3 Å². The van der Waals surface area contributed by atoms with E-state index in [1.807, 2.05) is 17.5 Å². The molecule has 0 N–H and O–H groups in total. The normalized spacial score (nSPS) is 14.8. The van der Waals surface area contributed by atoms with Crippen LogP contribution < -0.4 is 0 Å². The molecule has 0 bridgehead atoms. The molecular weight excluding hydrogens is 345 g/mol. The van der Waals surface area contributed by atoms with Crippen LogP contribution in [0.25, 0.3) is 10.8 Å². The van der Waals surface area contributed by atoms with Gasteiger partial charge in [0.15, 0.2) is 5.69 Å². The summed E-state index contributed by atoms with van der Waals surface area (Å²) in [4.78, 5) is 0.806. The van der Waals surface area contributed by atoms with Gasteiger partial charge in [-0.3, -0.25) is 4.68 Å². The molecule has 0 fully saturated rings. The SMILES string of the molecule is FC(F)(F)c1nn(Cc2nnc(-c3cccs3)o2)c2c1COCC2. The smallest absolute Gasteiger partial charge is 0.418 e. The molecule has 0 unspecified atom stereocenters. The van der Waals surface area contributed by atoms with Crippen LogP contribution in [-0.2, 0) is 30.5 Å². The zero-order valence-corrected chi connectivity index (χ0v) is 13.0. The Morgan fingerprint density at radius 3 is 2.92 bits per heavy atom. The molecule has 0 atom stereocenters. The Balaban J connectivity index is 1.66. The van der Waals surface area contributed by atoms with Gasteiger partial charge in [0.25, 0.3) is 5.89 Å². The molecule has 126 valence electrons. The molecule has 3 aromatic heterocycles. The minimum absolute atomic E-state index is 0.00319. The van der Waals surface area contributed by atoms with Gasteiger partial charge < -0.3 is 9.15 Å². The van der Waals surface area contributed by atoms with Crippen molar-refractivity contribution in [3.05, 3.63) is 40.4 Å². The molecule has 3 aromatic rings. The van der Waals surface area contributed by atoms with Crippen LogP contribution in [0.3, 0.4) is 0 Å². The number of halogens is 3. The van der Waals surface area contributed by atoms with E-state index in [1.165, 1.54) is 16.0 Å². The molecule has 4 heterocycles. The van der Waals surface area contributed by atoms with Gasteiger partial charge in [-0.1, -0.05) is 6.07 Å². The summed E-state index contributed by atoms with van der Waals surface area (Å²) in [5, 5.41) is 13.4. The fourth-order valence-electron chi connectivity index (χ4n) is 2.61. The van der Waals surface area contributed by atoms with Gasteiger partial charge in [0, 0.05) is 17.7 Å². The summed E-state index contributed by atoms with van der Waals surface area (Å²) < 4.78 is 51.4. The topological polar surface area (TPSA) is 66.0 Å². The number of aromatic nitrogens is 4. The standard InChI is InChI=1S/C14H11F3N4O2S/c15-14(16,17)12-8-7-22-4-3-9(8)21(20-12)6-11-18-19-13(23-11)10-2-1-5-24-10/h1-2,5H,3-4,6-7H2. The van der Waals surface area contributed by atoms with Crippen LogP contribution in [0.2, 0.25) is 0 Å². The third kappa shape index (κ3) is 2.71. The van der Waals surface area contributed by atoms with Crippen molar-refractivity contribution in [2.45, 2.75) is 25.7 Å². The monoisotopic (exact) mass is 356 g/mol. The number of alkyl halides is 3. The molecule has 4 rings (SSSR count). The minimum Gasteiger partial charge on any atom is -0.418 e. The molecule has 1 aliphatic rings. The molecule has 0 amide bonds. The quantitative estimate of drug-likeness (QED) is 0.721. The van der Waals surface area contributed by atoms with Gasteiger partial charge in [-0.15, -0.1) is 21.5 Å². The Morgan fingerprint density at radius 2 is 2.17 bits per heavy atom. The van der Waals surface area contributed by atoms with Gasteiger partial charge >= 0.3 is 6.18 Å². The maximum absolute atomic E-state index is 13.1. The van der Waals surface area contributed by atoms with E-state index in [-0.39, 0.29) is 24.6 Å². The summed E-state index contributed by atoms with van der Waals surface area (Å²) in [7, 11) is 0. The second kappa shape index (κ2) is 5.71. The van der Waals surface area contributed by atoms with Crippen molar-refractivity contribution >= 4 is 11.3 Å². The van der Waals surface area contributed by atoms with E-state index >= 15 is 0 Å². The Morgan fingerprint density at radius 1 is 1.29 bits per heavy atom. The highest BCUT2D eigenvalue weighted by Crippen LogP contribution is 2.34. The van der Waals surface area contributed by atoms with Crippen molar-refractivity contribution < 1.29 is 22.3 Å². The summed E-state index contributed by atoms with van der Waals surface area (Å²) in [5.41, 5.74) is -0.314. The Hall–Kier alpha value is -2.20. The summed E-state index contributed by atoms with van der Waals surface area (Å²) >= 11 is 1.44. The molecule has 6 nitrogen and oxygen atoms in total. The van der Waals surface area contributed by atoms with Crippen molar-refractivity contribution in [3.8, 4) is 10.8 Å². The molecular formula is C14H11F3N4O2S. The molecule has 0 aromatic carbocycles. The number of thiophene rings is 1. The zero-order valence-electron chi connectivity index (χ0n) is 12.2. The van der Waals surface area contributed by atoms with Crippen molar-refractivity contribution in [2.24, 2.45) is 0 Å². The van der Waals surface area contributed by atoms with Crippen molar-refractivity contribution in [1.82, 2.24) is 20.0 Å². The van der Waals surface area contributed by atoms with Gasteiger partial charge in [-0.25, -0.2) is 0 Å². The minimum atomic E-state index is -4.52. The summed E-state index contributed by atoms with van der Waals surface area (Å²) in [6.07, 6.45) is -4.16. The van der Waals surface area contributed by atoms with E-state index in [0.29, 0.717) is 24.6 Å². The number of nitrogens with zero attached hydrogens (tertiary/aromatic N) is 4. The lowest BCUT2D eigenvalue weighted by atomic mass is 10.1. The molecule has 0 saturated heterocycles. The van der Waals surface area contributed by atoms with Gasteiger partial charge in [-0.2, -0.15) is 18.3 Å². The largest absolute Gasteiger partial charge is 0.435 e. The van der Waals surface area contributed by atoms with Crippen molar-refractivity contribution in [3.63, 3.8) is 0 Å². The zero-order chi connectivity index (χ0) is 16.7. The average Bonchev–Trinajstić information content (AvgIpc) is 3.26. The first-order valence-corrected chi connectivity index (χ1v) is 8.00. The highest BCUT2D eigenvalue weighted by atomic mass is 32.1. The Kier molecular flexibility index (Phi) is 3.65. The fraction of sp³-hybridized carbons (Fsp3) is 0.357. The Labute approximate surface area is 137 Å². The van der Waals surface area contributed by atoms with Crippen LogP contribution in [0.1, 0.15) is 22.8 Å². The van der Waals surface area contributed by atoms with E-state index < -0.39 is 11.9 Å². The van der Waals surface area contributed by atoms with Gasteiger partial charge in [0.1, 0.15) is 6.54 Å². The third-order valence-corrected chi connectivity index (χ3v) is 4.51. The maximum Gasteiger partial charge on any atom is 0.435 e. The third-order valence-electron chi connectivity index (χ3n) is 3.65. The van der Waals surface area contributed by atoms with Crippen LogP contribution in [-0.4, -0.2) is 26.6 Å². The number of hydrogen-bond acceptors (Lipinski definition) is 6. The predicted molar refractivity (Wildman–Crippen MR) is 77.3 cm³/mol. The first-order valence-electron chi connectivity index (χ1n) is 7.12. The first-order chi connectivity index (χ1) is 11.5. The lowest BCUT2D eigenvalue weighted by Gasteiger charge is -2.14. The van der Waals surface area contributed by atoms with E-state index in [0.717, 1.165) is 4.88 Å². The second-order valence-electron chi connectivity index (χ2n) is 5.21. The highest BCUT2D eigenvalue weighted by Gasteiger charge is 2.40. The summed E-state index contributed by atoms with van der Waals surface area (Å²) in [6, 6.07) is 3.68. The first kappa shape index (κ1) is 15.3. The molecule has 0 spiro atoms. The summed E-state index contributed by atoms with van der Waals surface area (Å²) in [6.45, 7) is 0.269. The van der Waals surface area contributed by atoms with Crippen LogP contribution in [0, 0.1) is 0 Å². The molecule has 10 heteroatoms. The molecule has 1 aliphatic heterocycles. The van der Waals surface area contributed by atoms with Crippen LogP contribution in [0.15, 0.2) is 21.9 Å². The van der Waals surface area contributed by atoms with Crippen molar-refractivity contribution in [1.29, 1.82) is 0 Å². The van der Waals surface area contributed by atoms with E-state index in [9.17, 15) is 13.2 Å². The predicted octanol–water partition coefficient (Wildman–Crippen LogP) is 3.13.